The van der Waals surface area contributed by atoms with Crippen LogP contribution in [0.5, 0.6) is 0 Å². The Morgan fingerprint density at radius 2 is 1.89 bits per heavy atom. The van der Waals surface area contributed by atoms with Crippen LogP contribution in [0.2, 0.25) is 0 Å². The highest BCUT2D eigenvalue weighted by molar-refractivity contribution is 7.80. The number of benzene rings is 1. The van der Waals surface area contributed by atoms with Crippen LogP contribution in [0.15, 0.2) is 30.3 Å². The first-order chi connectivity index (χ1) is 9.06. The van der Waals surface area contributed by atoms with Gasteiger partial charge in [0.15, 0.2) is 0 Å². The maximum atomic E-state index is 5.80. The van der Waals surface area contributed by atoms with Gasteiger partial charge in [0.1, 0.15) is 0 Å². The van der Waals surface area contributed by atoms with E-state index in [1.54, 1.807) is 0 Å². The van der Waals surface area contributed by atoms with Gasteiger partial charge in [0.05, 0.1) is 17.2 Å². The van der Waals surface area contributed by atoms with Crippen molar-refractivity contribution in [1.29, 1.82) is 0 Å². The molecule has 0 aromatic heterocycles. The van der Waals surface area contributed by atoms with Gasteiger partial charge in [0.2, 0.25) is 0 Å². The lowest BCUT2D eigenvalue weighted by molar-refractivity contribution is -0.0802. The largest absolute Gasteiger partial charge is 0.393 e. The molecule has 2 N–H and O–H groups in total. The maximum absolute atomic E-state index is 5.80. The van der Waals surface area contributed by atoms with Crippen molar-refractivity contribution in [3.05, 3.63) is 35.9 Å². The van der Waals surface area contributed by atoms with Crippen LogP contribution in [0, 0.1) is 0 Å². The second kappa shape index (κ2) is 6.46. The third kappa shape index (κ3) is 4.00. The van der Waals surface area contributed by atoms with Gasteiger partial charge < -0.3 is 10.5 Å². The molecule has 1 aromatic rings. The molecular weight excluding hydrogens is 256 g/mol. The number of hydrogen-bond acceptors (Lipinski definition) is 3. The van der Waals surface area contributed by atoms with Gasteiger partial charge in [-0.3, -0.25) is 4.90 Å². The van der Waals surface area contributed by atoms with Gasteiger partial charge >= 0.3 is 0 Å². The normalized spacial score (nSPS) is 26.0. The summed E-state index contributed by atoms with van der Waals surface area (Å²) in [6.07, 6.45) is 1.22. The third-order valence-electron chi connectivity index (χ3n) is 3.47. The van der Waals surface area contributed by atoms with Crippen LogP contribution in [0.1, 0.15) is 31.9 Å². The van der Waals surface area contributed by atoms with Crippen LogP contribution in [-0.2, 0) is 4.74 Å². The van der Waals surface area contributed by atoms with Crippen LogP contribution in [-0.4, -0.2) is 35.2 Å². The first kappa shape index (κ1) is 14.4. The van der Waals surface area contributed by atoms with Gasteiger partial charge in [-0.15, -0.1) is 0 Å². The Morgan fingerprint density at radius 1 is 1.32 bits per heavy atom. The van der Waals surface area contributed by atoms with Gasteiger partial charge in [0.25, 0.3) is 0 Å². The number of morpholine rings is 1. The molecule has 19 heavy (non-hydrogen) atoms. The maximum Gasteiger partial charge on any atom is 0.0746 e. The summed E-state index contributed by atoms with van der Waals surface area (Å²) in [7, 11) is 0. The van der Waals surface area contributed by atoms with Crippen molar-refractivity contribution in [3.8, 4) is 0 Å². The molecule has 0 amide bonds. The number of rotatable bonds is 4. The minimum atomic E-state index is 0.251. The molecule has 1 fully saturated rings. The van der Waals surface area contributed by atoms with Crippen LogP contribution in [0.25, 0.3) is 0 Å². The van der Waals surface area contributed by atoms with Gasteiger partial charge in [0, 0.05) is 25.6 Å². The highest BCUT2D eigenvalue weighted by atomic mass is 32.1. The minimum absolute atomic E-state index is 0.251. The van der Waals surface area contributed by atoms with Crippen LogP contribution >= 0.6 is 12.2 Å². The van der Waals surface area contributed by atoms with Crippen molar-refractivity contribution in [2.45, 2.75) is 38.5 Å². The average molecular weight is 278 g/mol. The fourth-order valence-electron chi connectivity index (χ4n) is 2.80. The van der Waals surface area contributed by atoms with E-state index in [1.165, 1.54) is 5.56 Å². The molecule has 104 valence electrons. The molecule has 1 heterocycles. The van der Waals surface area contributed by atoms with Gasteiger partial charge in [-0.25, -0.2) is 0 Å². The summed E-state index contributed by atoms with van der Waals surface area (Å²) in [6.45, 7) is 6.08. The summed E-state index contributed by atoms with van der Waals surface area (Å²) >= 11 is 5.12. The summed E-state index contributed by atoms with van der Waals surface area (Å²) in [5.41, 5.74) is 7.05. The zero-order chi connectivity index (χ0) is 13.8. The molecule has 3 nitrogen and oxygen atoms in total. The summed E-state index contributed by atoms with van der Waals surface area (Å²) in [6, 6.07) is 10.7. The lowest BCUT2D eigenvalue weighted by Crippen LogP contribution is -2.47. The molecule has 1 aliphatic rings. The SMILES string of the molecule is CC1CN(C(CC(N)=S)c2ccccc2)CC(C)O1. The lowest BCUT2D eigenvalue weighted by atomic mass is 10.00. The first-order valence-electron chi connectivity index (χ1n) is 6.79. The van der Waals surface area contributed by atoms with E-state index in [4.69, 9.17) is 22.7 Å². The van der Waals surface area contributed by atoms with Crippen molar-refractivity contribution < 1.29 is 4.74 Å². The van der Waals surface area contributed by atoms with Crippen molar-refractivity contribution in [3.63, 3.8) is 0 Å². The molecule has 0 saturated carbocycles. The molecule has 4 heteroatoms. The Labute approximate surface area is 120 Å². The highest BCUT2D eigenvalue weighted by Gasteiger charge is 2.29. The van der Waals surface area contributed by atoms with Crippen LogP contribution in [0.3, 0.4) is 0 Å². The van der Waals surface area contributed by atoms with E-state index < -0.39 is 0 Å². The molecule has 1 saturated heterocycles. The van der Waals surface area contributed by atoms with E-state index in [0.29, 0.717) is 4.99 Å². The summed E-state index contributed by atoms with van der Waals surface area (Å²) in [5.74, 6) is 0. The second-order valence-electron chi connectivity index (χ2n) is 5.31. The monoisotopic (exact) mass is 278 g/mol. The van der Waals surface area contributed by atoms with Gasteiger partial charge in [-0.05, 0) is 19.4 Å². The first-order valence-corrected chi connectivity index (χ1v) is 7.20. The summed E-state index contributed by atoms with van der Waals surface area (Å²) in [5, 5.41) is 0. The fraction of sp³-hybridized carbons (Fsp3) is 0.533. The smallest absolute Gasteiger partial charge is 0.0746 e. The Balaban J connectivity index is 2.20. The van der Waals surface area contributed by atoms with E-state index in [-0.39, 0.29) is 18.2 Å². The van der Waals surface area contributed by atoms with Crippen LogP contribution in [0.4, 0.5) is 0 Å². The van der Waals surface area contributed by atoms with E-state index in [9.17, 15) is 0 Å². The molecule has 3 unspecified atom stereocenters. The summed E-state index contributed by atoms with van der Waals surface area (Å²) < 4.78 is 5.80. The van der Waals surface area contributed by atoms with Crippen molar-refractivity contribution >= 4 is 17.2 Å². The van der Waals surface area contributed by atoms with Crippen molar-refractivity contribution in [2.75, 3.05) is 13.1 Å². The van der Waals surface area contributed by atoms with Crippen molar-refractivity contribution in [1.82, 2.24) is 4.90 Å². The average Bonchev–Trinajstić information content (AvgIpc) is 2.35. The van der Waals surface area contributed by atoms with Crippen molar-refractivity contribution in [2.24, 2.45) is 5.73 Å². The lowest BCUT2D eigenvalue weighted by Gasteiger charge is -2.40. The number of hydrogen-bond donors (Lipinski definition) is 1. The Morgan fingerprint density at radius 3 is 2.42 bits per heavy atom. The zero-order valence-corrected chi connectivity index (χ0v) is 12.4. The van der Waals surface area contributed by atoms with E-state index >= 15 is 0 Å². The number of nitrogens with two attached hydrogens (primary N) is 1. The second-order valence-corrected chi connectivity index (χ2v) is 5.83. The molecule has 1 aromatic carbocycles. The van der Waals surface area contributed by atoms with E-state index in [1.807, 2.05) is 6.07 Å². The molecule has 0 aliphatic carbocycles. The standard InChI is InChI=1S/C15H22N2OS/c1-11-9-17(10-12(2)18-11)14(8-15(16)19)13-6-4-3-5-7-13/h3-7,11-12,14H,8-10H2,1-2H3,(H2,16,19). The number of thiocarbonyl (C=S) groups is 1. The van der Waals surface area contributed by atoms with Crippen LogP contribution < -0.4 is 5.73 Å². The molecular formula is C15H22N2OS. The number of nitrogens with zero attached hydrogens (tertiary/aromatic N) is 1. The molecule has 0 bridgehead atoms. The fourth-order valence-corrected chi connectivity index (χ4v) is 2.95. The van der Waals surface area contributed by atoms with Gasteiger partial charge in [-0.1, -0.05) is 42.5 Å². The molecule has 2 rings (SSSR count). The topological polar surface area (TPSA) is 38.5 Å². The number of ether oxygens (including phenoxy) is 1. The van der Waals surface area contributed by atoms with E-state index in [2.05, 4.69) is 43.0 Å². The predicted molar refractivity (Wildman–Crippen MR) is 82.2 cm³/mol. The van der Waals surface area contributed by atoms with Gasteiger partial charge in [-0.2, -0.15) is 0 Å². The molecule has 0 spiro atoms. The summed E-state index contributed by atoms with van der Waals surface area (Å²) in [4.78, 5) is 3.01. The quantitative estimate of drug-likeness (QED) is 0.859. The Hall–Kier alpha value is -0.970. The molecule has 0 radical (unpaired) electrons. The van der Waals surface area contributed by atoms with E-state index in [0.717, 1.165) is 19.5 Å². The zero-order valence-electron chi connectivity index (χ0n) is 11.6. The highest BCUT2D eigenvalue weighted by Crippen LogP contribution is 2.27. The molecule has 3 atom stereocenters. The molecule has 1 aliphatic heterocycles. The predicted octanol–water partition coefficient (Wildman–Crippen LogP) is 2.51. The minimum Gasteiger partial charge on any atom is -0.393 e. The third-order valence-corrected chi connectivity index (χ3v) is 3.63. The Kier molecular flexibility index (Phi) is 4.91. The Bertz CT molecular complexity index is 413.